The first kappa shape index (κ1) is 13.9. The average Bonchev–Trinajstić information content (AvgIpc) is 2.82. The summed E-state index contributed by atoms with van der Waals surface area (Å²) in [5.74, 6) is 0. The van der Waals surface area contributed by atoms with Gasteiger partial charge in [0.15, 0.2) is 0 Å². The van der Waals surface area contributed by atoms with Gasteiger partial charge >= 0.3 is 0 Å². The Kier molecular flexibility index (Phi) is 3.55. The van der Waals surface area contributed by atoms with Crippen LogP contribution in [0.5, 0.6) is 0 Å². The Hall–Kier alpha value is -2.07. The summed E-state index contributed by atoms with van der Waals surface area (Å²) < 4.78 is 0. The molecule has 0 aromatic heterocycles. The fourth-order valence-electron chi connectivity index (χ4n) is 2.83. The van der Waals surface area contributed by atoms with E-state index in [1.165, 1.54) is 17.2 Å². The molecule has 1 atom stereocenters. The van der Waals surface area contributed by atoms with Gasteiger partial charge < -0.3 is 5.32 Å². The molecule has 0 saturated heterocycles. The van der Waals surface area contributed by atoms with Crippen LogP contribution in [0.1, 0.15) is 16.7 Å². The second-order valence-corrected chi connectivity index (χ2v) is 5.86. The van der Waals surface area contributed by atoms with Crippen LogP contribution < -0.4 is 5.32 Å². The molecule has 2 aromatic rings. The molecule has 108 valence electrons. The molecule has 0 spiro atoms. The molecule has 2 aromatic carbocycles. The van der Waals surface area contributed by atoms with Crippen molar-refractivity contribution in [2.45, 2.75) is 25.8 Å². The summed E-state index contributed by atoms with van der Waals surface area (Å²) in [4.78, 5) is 10.4. The largest absolute Gasteiger partial charge is 0.381 e. The molecule has 1 aliphatic rings. The molecule has 5 heteroatoms. The lowest BCUT2D eigenvalue weighted by molar-refractivity contribution is -0.384. The number of nitrogens with one attached hydrogen (secondary N) is 1. The number of non-ortho nitro benzene ring substituents is 1. The highest BCUT2D eigenvalue weighted by atomic mass is 35.5. The summed E-state index contributed by atoms with van der Waals surface area (Å²) >= 11 is 6.02. The van der Waals surface area contributed by atoms with Gasteiger partial charge in [0.1, 0.15) is 0 Å². The number of halogens is 1. The lowest BCUT2D eigenvalue weighted by Gasteiger charge is -2.15. The molecule has 21 heavy (non-hydrogen) atoms. The molecular formula is C16H15ClN2O2. The van der Waals surface area contributed by atoms with E-state index in [1.807, 2.05) is 19.1 Å². The van der Waals surface area contributed by atoms with E-state index in [0.717, 1.165) is 29.1 Å². The van der Waals surface area contributed by atoms with E-state index in [9.17, 15) is 10.1 Å². The molecule has 0 radical (unpaired) electrons. The first-order valence-corrected chi connectivity index (χ1v) is 7.19. The molecule has 3 rings (SSSR count). The Balaban J connectivity index is 1.76. The summed E-state index contributed by atoms with van der Waals surface area (Å²) in [7, 11) is 0. The van der Waals surface area contributed by atoms with Crippen LogP contribution >= 0.6 is 11.6 Å². The zero-order valence-electron chi connectivity index (χ0n) is 11.6. The lowest BCUT2D eigenvalue weighted by Crippen LogP contribution is -2.20. The molecule has 0 saturated carbocycles. The van der Waals surface area contributed by atoms with Crippen molar-refractivity contribution in [3.05, 3.63) is 68.2 Å². The third kappa shape index (κ3) is 2.85. The number of nitro benzene ring substituents is 1. The average molecular weight is 303 g/mol. The van der Waals surface area contributed by atoms with Gasteiger partial charge in [-0.1, -0.05) is 17.7 Å². The first-order chi connectivity index (χ1) is 10.0. The highest BCUT2D eigenvalue weighted by Crippen LogP contribution is 2.29. The van der Waals surface area contributed by atoms with Gasteiger partial charge in [-0.05, 0) is 54.7 Å². The van der Waals surface area contributed by atoms with E-state index in [0.29, 0.717) is 6.04 Å². The molecule has 1 N–H and O–H groups in total. The predicted molar refractivity (Wildman–Crippen MR) is 84.1 cm³/mol. The normalized spacial score (nSPS) is 16.6. The zero-order valence-corrected chi connectivity index (χ0v) is 12.4. The third-order valence-corrected chi connectivity index (χ3v) is 4.12. The summed E-state index contributed by atoms with van der Waals surface area (Å²) in [5.41, 5.74) is 4.55. The minimum Gasteiger partial charge on any atom is -0.381 e. The van der Waals surface area contributed by atoms with Crippen molar-refractivity contribution in [3.8, 4) is 0 Å². The van der Waals surface area contributed by atoms with E-state index >= 15 is 0 Å². The summed E-state index contributed by atoms with van der Waals surface area (Å²) in [5, 5.41) is 15.0. The van der Waals surface area contributed by atoms with Crippen molar-refractivity contribution in [2.75, 3.05) is 5.32 Å². The van der Waals surface area contributed by atoms with Gasteiger partial charge in [0.2, 0.25) is 0 Å². The molecule has 1 aliphatic carbocycles. The van der Waals surface area contributed by atoms with Crippen LogP contribution in [0.15, 0.2) is 36.4 Å². The van der Waals surface area contributed by atoms with Gasteiger partial charge in [0, 0.05) is 28.9 Å². The van der Waals surface area contributed by atoms with Crippen molar-refractivity contribution < 1.29 is 4.92 Å². The Bertz CT molecular complexity index is 715. The fraction of sp³-hybridized carbons (Fsp3) is 0.250. The van der Waals surface area contributed by atoms with Gasteiger partial charge in [-0.15, -0.1) is 0 Å². The van der Waals surface area contributed by atoms with Crippen LogP contribution in [-0.4, -0.2) is 11.0 Å². The number of anilines is 1. The number of aryl methyl sites for hydroxylation is 1. The topological polar surface area (TPSA) is 55.2 Å². The predicted octanol–water partition coefficient (Wildman–Crippen LogP) is 4.14. The molecular weight excluding hydrogens is 288 g/mol. The first-order valence-electron chi connectivity index (χ1n) is 6.82. The smallest absolute Gasteiger partial charge is 0.269 e. The number of nitro groups is 1. The number of fused-ring (bicyclic) bond motifs is 1. The fourth-order valence-corrected chi connectivity index (χ4v) is 3.03. The molecule has 1 unspecified atom stereocenters. The van der Waals surface area contributed by atoms with Gasteiger partial charge in [0.05, 0.1) is 4.92 Å². The zero-order chi connectivity index (χ0) is 15.0. The van der Waals surface area contributed by atoms with Gasteiger partial charge in [-0.2, -0.15) is 0 Å². The van der Waals surface area contributed by atoms with E-state index in [2.05, 4.69) is 11.4 Å². The van der Waals surface area contributed by atoms with Crippen LogP contribution in [0, 0.1) is 17.0 Å². The molecule has 0 fully saturated rings. The second kappa shape index (κ2) is 5.37. The number of nitrogens with zero attached hydrogens (tertiary/aromatic N) is 1. The number of hydrogen-bond acceptors (Lipinski definition) is 3. The van der Waals surface area contributed by atoms with Crippen molar-refractivity contribution >= 4 is 23.0 Å². The van der Waals surface area contributed by atoms with E-state index in [1.54, 1.807) is 12.1 Å². The summed E-state index contributed by atoms with van der Waals surface area (Å²) in [6.07, 6.45) is 1.87. The summed E-state index contributed by atoms with van der Waals surface area (Å²) in [6, 6.07) is 11.2. The second-order valence-electron chi connectivity index (χ2n) is 5.42. The summed E-state index contributed by atoms with van der Waals surface area (Å²) in [6.45, 7) is 1.88. The van der Waals surface area contributed by atoms with Crippen molar-refractivity contribution in [2.24, 2.45) is 0 Å². The van der Waals surface area contributed by atoms with Gasteiger partial charge in [-0.25, -0.2) is 0 Å². The Morgan fingerprint density at radius 3 is 2.67 bits per heavy atom. The van der Waals surface area contributed by atoms with Crippen LogP contribution in [0.2, 0.25) is 5.02 Å². The van der Waals surface area contributed by atoms with Gasteiger partial charge in [-0.3, -0.25) is 10.1 Å². The molecule has 0 heterocycles. The highest BCUT2D eigenvalue weighted by molar-refractivity contribution is 6.30. The molecule has 0 amide bonds. The molecule has 0 bridgehead atoms. The van der Waals surface area contributed by atoms with Crippen LogP contribution in [0.4, 0.5) is 11.4 Å². The Morgan fingerprint density at radius 1 is 1.19 bits per heavy atom. The maximum Gasteiger partial charge on any atom is 0.269 e. The van der Waals surface area contributed by atoms with Crippen molar-refractivity contribution in [3.63, 3.8) is 0 Å². The third-order valence-electron chi connectivity index (χ3n) is 3.88. The Morgan fingerprint density at radius 2 is 1.95 bits per heavy atom. The lowest BCUT2D eigenvalue weighted by atomic mass is 10.1. The van der Waals surface area contributed by atoms with E-state index in [4.69, 9.17) is 11.6 Å². The monoisotopic (exact) mass is 302 g/mol. The minimum atomic E-state index is -0.371. The number of rotatable bonds is 3. The minimum absolute atomic E-state index is 0.125. The SMILES string of the molecule is Cc1cc([N+](=O)[O-])ccc1NC1Cc2ccc(Cl)cc2C1. The Labute approximate surface area is 127 Å². The maximum atomic E-state index is 10.8. The quantitative estimate of drug-likeness (QED) is 0.685. The van der Waals surface area contributed by atoms with Gasteiger partial charge in [0.25, 0.3) is 5.69 Å². The number of hydrogen-bond donors (Lipinski definition) is 1. The highest BCUT2D eigenvalue weighted by Gasteiger charge is 2.22. The van der Waals surface area contributed by atoms with Crippen LogP contribution in [0.25, 0.3) is 0 Å². The van der Waals surface area contributed by atoms with Crippen molar-refractivity contribution in [1.82, 2.24) is 0 Å². The van der Waals surface area contributed by atoms with Crippen LogP contribution in [-0.2, 0) is 12.8 Å². The van der Waals surface area contributed by atoms with E-state index in [-0.39, 0.29) is 10.6 Å². The maximum absolute atomic E-state index is 10.8. The van der Waals surface area contributed by atoms with Crippen LogP contribution in [0.3, 0.4) is 0 Å². The van der Waals surface area contributed by atoms with Crippen molar-refractivity contribution in [1.29, 1.82) is 0 Å². The standard InChI is InChI=1S/C16H15ClN2O2/c1-10-6-15(19(20)21)4-5-16(10)18-14-8-11-2-3-13(17)7-12(11)9-14/h2-7,14,18H,8-9H2,1H3. The molecule has 4 nitrogen and oxygen atoms in total. The number of benzene rings is 2. The molecule has 0 aliphatic heterocycles. The van der Waals surface area contributed by atoms with E-state index < -0.39 is 0 Å².